The number of aromatic nitrogens is 1. The van der Waals surface area contributed by atoms with Gasteiger partial charge in [0.1, 0.15) is 17.1 Å². The van der Waals surface area contributed by atoms with E-state index in [9.17, 15) is 0 Å². The molecule has 3 heterocycles. The number of ether oxygens (including phenoxy) is 1. The number of nitrogens with zero attached hydrogens (tertiary/aromatic N) is 1. The lowest BCUT2D eigenvalue weighted by Crippen LogP contribution is -2.24. The van der Waals surface area contributed by atoms with Crippen molar-refractivity contribution in [3.63, 3.8) is 0 Å². The second-order valence-electron chi connectivity index (χ2n) is 11.6. The van der Waals surface area contributed by atoms with Gasteiger partial charge in [0, 0.05) is 55.0 Å². The summed E-state index contributed by atoms with van der Waals surface area (Å²) < 4.78 is 120. The lowest BCUT2D eigenvalue weighted by Gasteiger charge is -2.35. The van der Waals surface area contributed by atoms with Crippen LogP contribution in [0.3, 0.4) is 0 Å². The largest absolute Gasteiger partial charge is 0.456 e. The molecule has 3 heteroatoms. The first-order valence-corrected chi connectivity index (χ1v) is 14.9. The van der Waals surface area contributed by atoms with Gasteiger partial charge in [-0.1, -0.05) is 111 Å². The number of aryl methyl sites for hydroxylation is 1. The average molecular weight is 608 g/mol. The summed E-state index contributed by atoms with van der Waals surface area (Å²) in [7, 11) is 0. The van der Waals surface area contributed by atoms with Crippen molar-refractivity contribution in [3.8, 4) is 39.4 Å². The summed E-state index contributed by atoms with van der Waals surface area (Å²) in [5.74, 6) is -0.304. The molecule has 46 heavy (non-hydrogen) atoms. The Labute approximate surface area is 285 Å². The van der Waals surface area contributed by atoms with Gasteiger partial charge in [0.05, 0.1) is 10.9 Å². The van der Waals surface area contributed by atoms with Crippen molar-refractivity contribution in [2.24, 2.45) is 0 Å². The standard InChI is InChI=1S/C43H33NO2/c1-26-23-24-30(27(2)39(26)33-17-12-19-35-41(33)45-38-22-10-7-18-34(38)43(35,3)4)28-13-11-14-29(25-28)44-36-20-8-5-15-31(36)40-32-16-6-9-21-37(32)46-42(40)44/h5-25H,1-4H3/i1D3,2D3,3D3,4D3. The molecule has 0 unspecified atom stereocenters. The van der Waals surface area contributed by atoms with Gasteiger partial charge in [0.25, 0.3) is 0 Å². The van der Waals surface area contributed by atoms with Crippen molar-refractivity contribution in [2.75, 3.05) is 0 Å². The van der Waals surface area contributed by atoms with E-state index in [1.54, 1.807) is 18.2 Å². The van der Waals surface area contributed by atoms with E-state index in [2.05, 4.69) is 0 Å². The molecule has 6 aromatic carbocycles. The Kier molecular flexibility index (Phi) is 3.64. The monoisotopic (exact) mass is 607 g/mol. The van der Waals surface area contributed by atoms with Crippen LogP contribution < -0.4 is 4.74 Å². The number of furan rings is 1. The number of benzene rings is 6. The van der Waals surface area contributed by atoms with E-state index >= 15 is 0 Å². The Hall–Kier alpha value is -5.54. The van der Waals surface area contributed by atoms with Crippen molar-refractivity contribution < 1.29 is 25.6 Å². The molecule has 0 atom stereocenters. The number of hydrogen-bond acceptors (Lipinski definition) is 2. The van der Waals surface area contributed by atoms with Gasteiger partial charge in [0.15, 0.2) is 0 Å². The van der Waals surface area contributed by atoms with Crippen LogP contribution in [0.15, 0.2) is 132 Å². The van der Waals surface area contributed by atoms with Gasteiger partial charge in [-0.2, -0.15) is 0 Å². The van der Waals surface area contributed by atoms with Gasteiger partial charge in [-0.15, -0.1) is 0 Å². The van der Waals surface area contributed by atoms with Crippen LogP contribution in [0.25, 0.3) is 60.9 Å². The lowest BCUT2D eigenvalue weighted by molar-refractivity contribution is 0.419. The molecular formula is C43H33NO2. The molecule has 2 aromatic heterocycles. The highest BCUT2D eigenvalue weighted by Crippen LogP contribution is 2.52. The summed E-state index contributed by atoms with van der Waals surface area (Å²) in [6.45, 7) is -12.1. The zero-order valence-corrected chi connectivity index (χ0v) is 24.4. The minimum absolute atomic E-state index is 0.0553. The Balaban J connectivity index is 1.35. The smallest absolute Gasteiger partial charge is 0.213 e. The van der Waals surface area contributed by atoms with Gasteiger partial charge in [-0.3, -0.25) is 4.57 Å². The molecule has 0 spiro atoms. The van der Waals surface area contributed by atoms with E-state index in [1.165, 1.54) is 48.5 Å². The fourth-order valence-electron chi connectivity index (χ4n) is 6.89. The van der Waals surface area contributed by atoms with Gasteiger partial charge in [-0.05, 0) is 71.9 Å². The maximum Gasteiger partial charge on any atom is 0.213 e. The van der Waals surface area contributed by atoms with Crippen LogP contribution in [0.2, 0.25) is 0 Å². The van der Waals surface area contributed by atoms with Crippen LogP contribution in [-0.4, -0.2) is 4.57 Å². The Morgan fingerprint density at radius 2 is 1.48 bits per heavy atom. The maximum atomic E-state index is 8.97. The van der Waals surface area contributed by atoms with Crippen LogP contribution in [0.1, 0.15) is 52.4 Å². The third-order valence-corrected chi connectivity index (χ3v) is 9.01. The molecule has 0 fully saturated rings. The topological polar surface area (TPSA) is 27.3 Å². The van der Waals surface area contributed by atoms with Gasteiger partial charge in [-0.25, -0.2) is 0 Å². The number of para-hydroxylation sites is 4. The van der Waals surface area contributed by atoms with E-state index in [0.29, 0.717) is 22.5 Å². The number of rotatable bonds is 3. The van der Waals surface area contributed by atoms with Crippen molar-refractivity contribution in [3.05, 3.63) is 150 Å². The zero-order valence-electron chi connectivity index (χ0n) is 36.4. The first kappa shape index (κ1) is 17.2. The summed E-state index contributed by atoms with van der Waals surface area (Å²) in [6, 6.07) is 35.7. The molecule has 9 rings (SSSR count). The van der Waals surface area contributed by atoms with E-state index in [1.807, 2.05) is 65.2 Å². The quantitative estimate of drug-likeness (QED) is 0.200. The minimum atomic E-state index is -3.17. The van der Waals surface area contributed by atoms with E-state index in [4.69, 9.17) is 25.6 Å². The first-order chi connectivity index (χ1) is 27.3. The minimum Gasteiger partial charge on any atom is -0.456 e. The van der Waals surface area contributed by atoms with Crippen LogP contribution in [0, 0.1) is 13.7 Å². The third kappa shape index (κ3) is 3.72. The highest BCUT2D eigenvalue weighted by atomic mass is 16.5. The van der Waals surface area contributed by atoms with E-state index in [0.717, 1.165) is 21.7 Å². The van der Waals surface area contributed by atoms with Crippen molar-refractivity contribution in [2.45, 2.75) is 32.8 Å². The highest BCUT2D eigenvalue weighted by molar-refractivity contribution is 6.19. The Morgan fingerprint density at radius 3 is 2.37 bits per heavy atom. The second kappa shape index (κ2) is 9.73. The summed E-state index contributed by atoms with van der Waals surface area (Å²) in [5.41, 5.74) is -0.461. The zero-order chi connectivity index (χ0) is 41.2. The van der Waals surface area contributed by atoms with E-state index in [-0.39, 0.29) is 50.4 Å². The third-order valence-electron chi connectivity index (χ3n) is 9.01. The molecular weight excluding hydrogens is 562 g/mol. The molecule has 0 saturated carbocycles. The highest BCUT2D eigenvalue weighted by Gasteiger charge is 2.35. The Bertz CT molecular complexity index is 2930. The van der Waals surface area contributed by atoms with Gasteiger partial charge < -0.3 is 9.15 Å². The predicted molar refractivity (Wildman–Crippen MR) is 190 cm³/mol. The summed E-state index contributed by atoms with van der Waals surface area (Å²) >= 11 is 0. The molecule has 0 bridgehead atoms. The summed E-state index contributed by atoms with van der Waals surface area (Å²) in [6.07, 6.45) is 0. The first-order valence-electron chi connectivity index (χ1n) is 20.9. The average Bonchev–Trinajstić information content (AvgIpc) is 3.69. The van der Waals surface area contributed by atoms with Crippen LogP contribution in [0.5, 0.6) is 11.5 Å². The van der Waals surface area contributed by atoms with Crippen molar-refractivity contribution in [1.29, 1.82) is 0 Å². The molecule has 0 N–H and O–H groups in total. The van der Waals surface area contributed by atoms with Crippen molar-refractivity contribution in [1.82, 2.24) is 4.57 Å². The van der Waals surface area contributed by atoms with Gasteiger partial charge >= 0.3 is 0 Å². The van der Waals surface area contributed by atoms with E-state index < -0.39 is 32.8 Å². The lowest BCUT2D eigenvalue weighted by atomic mass is 9.74. The maximum absolute atomic E-state index is 8.97. The SMILES string of the molecule is [2H]C([2H])([2H])c1ccc(-c2cccc(-n3c4ccccc4c4c5ccccc5oc43)c2)c(C([2H])([2H])[2H])c1-c1cccc2c1Oc1ccccc1C2(C([2H])([2H])[2H])C([2H])([2H])[2H]. The number of fused-ring (bicyclic) bond motifs is 7. The predicted octanol–water partition coefficient (Wildman–Crippen LogP) is 11.9. The van der Waals surface area contributed by atoms with Crippen LogP contribution in [0.4, 0.5) is 0 Å². The fourth-order valence-corrected chi connectivity index (χ4v) is 6.89. The van der Waals surface area contributed by atoms with Gasteiger partial charge in [0.2, 0.25) is 5.71 Å². The van der Waals surface area contributed by atoms with Crippen LogP contribution >= 0.6 is 0 Å². The molecule has 0 radical (unpaired) electrons. The molecule has 0 aliphatic carbocycles. The molecule has 1 aliphatic rings. The number of hydrogen-bond donors (Lipinski definition) is 0. The molecule has 0 saturated heterocycles. The fraction of sp³-hybridized carbons (Fsp3) is 0.116. The normalized spacial score (nSPS) is 18.5. The molecule has 3 nitrogen and oxygen atoms in total. The Morgan fingerprint density at radius 1 is 0.674 bits per heavy atom. The second-order valence-corrected chi connectivity index (χ2v) is 11.6. The molecule has 8 aromatic rings. The molecule has 0 amide bonds. The summed E-state index contributed by atoms with van der Waals surface area (Å²) in [4.78, 5) is 0. The molecule has 222 valence electrons. The van der Waals surface area contributed by atoms with Crippen LogP contribution in [-0.2, 0) is 5.41 Å². The summed E-state index contributed by atoms with van der Waals surface area (Å²) in [5, 5.41) is 2.82. The molecule has 1 aliphatic heterocycles. The van der Waals surface area contributed by atoms with Crippen molar-refractivity contribution >= 4 is 33.0 Å².